The van der Waals surface area contributed by atoms with Crippen LogP contribution in [0.25, 0.3) is 0 Å². The van der Waals surface area contributed by atoms with E-state index in [0.717, 1.165) is 12.5 Å². The van der Waals surface area contributed by atoms with Crippen molar-refractivity contribution in [2.75, 3.05) is 36.3 Å². The van der Waals surface area contributed by atoms with Crippen molar-refractivity contribution in [1.82, 2.24) is 4.90 Å². The third kappa shape index (κ3) is 5.23. The molecule has 2 N–H and O–H groups in total. The molecule has 1 heterocycles. The second kappa shape index (κ2) is 6.63. The van der Waals surface area contributed by atoms with Crippen molar-refractivity contribution in [3.8, 4) is 0 Å². The van der Waals surface area contributed by atoms with E-state index in [4.69, 9.17) is 5.73 Å². The fourth-order valence-corrected chi connectivity index (χ4v) is 5.37. The van der Waals surface area contributed by atoms with Gasteiger partial charge in [-0.3, -0.25) is 4.79 Å². The van der Waals surface area contributed by atoms with E-state index in [9.17, 15) is 21.6 Å². The van der Waals surface area contributed by atoms with E-state index >= 15 is 0 Å². The van der Waals surface area contributed by atoms with Gasteiger partial charge in [-0.2, -0.15) is 11.8 Å². The van der Waals surface area contributed by atoms with Gasteiger partial charge in [-0.05, 0) is 6.42 Å². The van der Waals surface area contributed by atoms with E-state index in [1.54, 1.807) is 0 Å². The van der Waals surface area contributed by atoms with Crippen LogP contribution < -0.4 is 5.73 Å². The molecule has 2 atom stereocenters. The monoisotopic (exact) mass is 344 g/mol. The Morgan fingerprint density at radius 1 is 1.35 bits per heavy atom. The topological polar surface area (TPSA) is 115 Å². The molecular formula is C10H20N2O5S3. The van der Waals surface area contributed by atoms with Gasteiger partial charge in [0.05, 0.1) is 11.8 Å². The molecule has 0 radical (unpaired) electrons. The van der Waals surface area contributed by atoms with Crippen LogP contribution in [-0.2, 0) is 24.5 Å². The number of sulfone groups is 2. The highest BCUT2D eigenvalue weighted by molar-refractivity contribution is 8.00. The number of hydrogen-bond donors (Lipinski definition) is 1. The van der Waals surface area contributed by atoms with E-state index < -0.39 is 37.0 Å². The van der Waals surface area contributed by atoms with Crippen LogP contribution in [0.5, 0.6) is 0 Å². The molecule has 0 aromatic heterocycles. The van der Waals surface area contributed by atoms with Gasteiger partial charge in [0.25, 0.3) is 0 Å². The summed E-state index contributed by atoms with van der Waals surface area (Å²) in [6, 6.07) is -0.989. The normalized spacial score (nSPS) is 22.6. The zero-order valence-corrected chi connectivity index (χ0v) is 13.9. The van der Waals surface area contributed by atoms with E-state index in [-0.39, 0.29) is 12.2 Å². The van der Waals surface area contributed by atoms with Crippen LogP contribution in [0.15, 0.2) is 0 Å². The number of nitrogens with zero attached hydrogens (tertiary/aromatic N) is 1. The number of amides is 1. The van der Waals surface area contributed by atoms with E-state index in [0.29, 0.717) is 18.1 Å². The molecule has 0 bridgehead atoms. The first-order valence-corrected chi connectivity index (χ1v) is 11.2. The summed E-state index contributed by atoms with van der Waals surface area (Å²) in [7, 11) is -6.58. The maximum absolute atomic E-state index is 12.2. The smallest absolute Gasteiger partial charge is 0.240 e. The lowest BCUT2D eigenvalue weighted by atomic mass is 10.2. The van der Waals surface area contributed by atoms with Gasteiger partial charge in [-0.1, -0.05) is 0 Å². The quantitative estimate of drug-likeness (QED) is 0.659. The molecule has 1 rings (SSSR count). The van der Waals surface area contributed by atoms with Crippen molar-refractivity contribution in [2.24, 2.45) is 5.73 Å². The van der Waals surface area contributed by atoms with Gasteiger partial charge in [0, 0.05) is 30.6 Å². The van der Waals surface area contributed by atoms with Crippen molar-refractivity contribution < 1.29 is 21.6 Å². The Morgan fingerprint density at radius 2 is 1.95 bits per heavy atom. The van der Waals surface area contributed by atoms with E-state index in [2.05, 4.69) is 0 Å². The average Bonchev–Trinajstić information content (AvgIpc) is 2.33. The van der Waals surface area contributed by atoms with Crippen molar-refractivity contribution in [1.29, 1.82) is 0 Å². The standard InChI is InChI=1S/C10H20N2O5S3/c1-19(14,15)6-3-8(11)10(13)12-4-5-18-7-9(12)20(2,16)17/h8-9H,3-7,11H2,1-2H3. The summed E-state index contributed by atoms with van der Waals surface area (Å²) in [4.78, 5) is 13.5. The van der Waals surface area contributed by atoms with Crippen molar-refractivity contribution in [3.05, 3.63) is 0 Å². The predicted octanol–water partition coefficient (Wildman–Crippen LogP) is -1.31. The summed E-state index contributed by atoms with van der Waals surface area (Å²) in [5.74, 6) is 0.288. The summed E-state index contributed by atoms with van der Waals surface area (Å²) in [5.41, 5.74) is 5.70. The number of nitrogens with two attached hydrogens (primary N) is 1. The SMILES string of the molecule is CS(=O)(=O)CCC(N)C(=O)N1CCSCC1S(C)(=O)=O. The van der Waals surface area contributed by atoms with E-state index in [1.165, 1.54) is 16.7 Å². The summed E-state index contributed by atoms with van der Waals surface area (Å²) < 4.78 is 45.6. The maximum Gasteiger partial charge on any atom is 0.240 e. The Hall–Kier alpha value is -0.320. The van der Waals surface area contributed by atoms with Gasteiger partial charge in [-0.25, -0.2) is 16.8 Å². The average molecular weight is 344 g/mol. The molecule has 0 aromatic carbocycles. The molecule has 1 aliphatic heterocycles. The number of rotatable bonds is 5. The Bertz CT molecular complexity index is 557. The largest absolute Gasteiger partial charge is 0.323 e. The third-order valence-corrected chi connectivity index (χ3v) is 6.60. The van der Waals surface area contributed by atoms with Crippen molar-refractivity contribution in [2.45, 2.75) is 17.8 Å². The van der Waals surface area contributed by atoms with Gasteiger partial charge >= 0.3 is 0 Å². The van der Waals surface area contributed by atoms with Gasteiger partial charge < -0.3 is 10.6 Å². The Kier molecular flexibility index (Phi) is 5.88. The number of carbonyl (C=O) groups excluding carboxylic acids is 1. The lowest BCUT2D eigenvalue weighted by Gasteiger charge is -2.35. The third-order valence-electron chi connectivity index (χ3n) is 2.98. The summed E-state index contributed by atoms with van der Waals surface area (Å²) in [5, 5.41) is -0.877. The lowest BCUT2D eigenvalue weighted by molar-refractivity contribution is -0.133. The van der Waals surface area contributed by atoms with Crippen LogP contribution in [0, 0.1) is 0 Å². The molecule has 118 valence electrons. The number of carbonyl (C=O) groups is 1. The molecule has 1 fully saturated rings. The van der Waals surface area contributed by atoms with Crippen LogP contribution >= 0.6 is 11.8 Å². The molecule has 0 aliphatic carbocycles. The molecule has 0 saturated carbocycles. The Labute approximate surface area is 124 Å². The molecule has 0 aromatic rings. The van der Waals surface area contributed by atoms with Crippen LogP contribution in [-0.4, -0.2) is 75.4 Å². The van der Waals surface area contributed by atoms with Crippen LogP contribution in [0.1, 0.15) is 6.42 Å². The van der Waals surface area contributed by atoms with Crippen LogP contribution in [0.2, 0.25) is 0 Å². The molecule has 7 nitrogen and oxygen atoms in total. The number of thioether (sulfide) groups is 1. The van der Waals surface area contributed by atoms with Crippen LogP contribution in [0.4, 0.5) is 0 Å². The van der Waals surface area contributed by atoms with Gasteiger partial charge in [0.15, 0.2) is 9.84 Å². The molecule has 0 spiro atoms. The lowest BCUT2D eigenvalue weighted by Crippen LogP contribution is -2.55. The molecule has 20 heavy (non-hydrogen) atoms. The summed E-state index contributed by atoms with van der Waals surface area (Å²) in [6.07, 6.45) is 2.16. The summed E-state index contributed by atoms with van der Waals surface area (Å²) >= 11 is 1.47. The summed E-state index contributed by atoms with van der Waals surface area (Å²) in [6.45, 7) is 0.313. The predicted molar refractivity (Wildman–Crippen MR) is 80.0 cm³/mol. The fourth-order valence-electron chi connectivity index (χ4n) is 1.87. The second-order valence-electron chi connectivity index (χ2n) is 4.92. The molecule has 2 unspecified atom stereocenters. The van der Waals surface area contributed by atoms with Gasteiger partial charge in [0.2, 0.25) is 5.91 Å². The fraction of sp³-hybridized carbons (Fsp3) is 0.900. The van der Waals surface area contributed by atoms with Gasteiger partial charge in [-0.15, -0.1) is 0 Å². The first-order chi connectivity index (χ1) is 9.02. The molecule has 1 aliphatic rings. The van der Waals surface area contributed by atoms with E-state index in [1.807, 2.05) is 0 Å². The maximum atomic E-state index is 12.2. The minimum Gasteiger partial charge on any atom is -0.323 e. The molecule has 10 heteroatoms. The minimum absolute atomic E-state index is 0.00219. The van der Waals surface area contributed by atoms with Gasteiger partial charge in [0.1, 0.15) is 15.2 Å². The van der Waals surface area contributed by atoms with Crippen molar-refractivity contribution in [3.63, 3.8) is 0 Å². The Morgan fingerprint density at radius 3 is 2.45 bits per heavy atom. The second-order valence-corrected chi connectivity index (χ2v) is 10.5. The highest BCUT2D eigenvalue weighted by Gasteiger charge is 2.36. The minimum atomic E-state index is -3.39. The molecule has 1 saturated heterocycles. The first kappa shape index (κ1) is 17.7. The highest BCUT2D eigenvalue weighted by Crippen LogP contribution is 2.21. The molecular weight excluding hydrogens is 324 g/mol. The zero-order valence-electron chi connectivity index (χ0n) is 11.5. The first-order valence-electron chi connectivity index (χ1n) is 6.03. The van der Waals surface area contributed by atoms with Crippen LogP contribution in [0.3, 0.4) is 0 Å². The number of hydrogen-bond acceptors (Lipinski definition) is 7. The highest BCUT2D eigenvalue weighted by atomic mass is 32.2. The zero-order chi connectivity index (χ0) is 15.6. The Balaban J connectivity index is 2.77. The molecule has 1 amide bonds. The van der Waals surface area contributed by atoms with Crippen molar-refractivity contribution >= 4 is 37.3 Å².